The highest BCUT2D eigenvalue weighted by molar-refractivity contribution is 5.89. The summed E-state index contributed by atoms with van der Waals surface area (Å²) in [5.74, 6) is -0.679. The van der Waals surface area contributed by atoms with Crippen molar-refractivity contribution in [2.75, 3.05) is 13.7 Å². The average molecular weight is 278 g/mol. The van der Waals surface area contributed by atoms with Crippen molar-refractivity contribution in [3.8, 4) is 0 Å². The van der Waals surface area contributed by atoms with Gasteiger partial charge in [-0.3, -0.25) is 0 Å². The molecular formula is C17H26O3. The zero-order chi connectivity index (χ0) is 14.8. The van der Waals surface area contributed by atoms with Crippen LogP contribution in [0.25, 0.3) is 0 Å². The zero-order valence-electron chi connectivity index (χ0n) is 12.6. The van der Waals surface area contributed by atoms with Crippen molar-refractivity contribution in [3.63, 3.8) is 0 Å². The van der Waals surface area contributed by atoms with E-state index < -0.39 is 5.97 Å². The summed E-state index contributed by atoms with van der Waals surface area (Å²) in [7, 11) is 1.67. The molecule has 0 spiro atoms. The maximum atomic E-state index is 11.3. The molecule has 0 saturated carbocycles. The minimum absolute atomic E-state index is 0.175. The van der Waals surface area contributed by atoms with E-state index in [9.17, 15) is 9.90 Å². The van der Waals surface area contributed by atoms with Crippen molar-refractivity contribution < 1.29 is 14.6 Å². The highest BCUT2D eigenvalue weighted by Crippen LogP contribution is 2.26. The summed E-state index contributed by atoms with van der Waals surface area (Å²) in [6.45, 7) is 2.79. The molecule has 1 rings (SSSR count). The normalized spacial score (nSPS) is 12.3. The van der Waals surface area contributed by atoms with Gasteiger partial charge in [0.25, 0.3) is 0 Å². The fraction of sp³-hybridized carbons (Fsp3) is 0.588. The molecule has 0 amide bonds. The number of aromatic carboxylic acids is 1. The van der Waals surface area contributed by atoms with Crippen LogP contribution in [0.2, 0.25) is 0 Å². The lowest BCUT2D eigenvalue weighted by Crippen LogP contribution is -2.12. The van der Waals surface area contributed by atoms with E-state index in [1.54, 1.807) is 19.2 Å². The molecule has 1 atom stereocenters. The summed E-state index contributed by atoms with van der Waals surface area (Å²) in [5.41, 5.74) is 1.31. The molecule has 1 aromatic rings. The summed E-state index contributed by atoms with van der Waals surface area (Å²) < 4.78 is 5.28. The monoisotopic (exact) mass is 278 g/mol. The minimum atomic E-state index is -0.854. The van der Waals surface area contributed by atoms with E-state index in [0.717, 1.165) is 18.4 Å². The van der Waals surface area contributed by atoms with Gasteiger partial charge in [0.15, 0.2) is 0 Å². The number of benzene rings is 1. The zero-order valence-corrected chi connectivity index (χ0v) is 12.6. The predicted octanol–water partition coefficient (Wildman–Crippen LogP) is 4.48. The largest absolute Gasteiger partial charge is 0.478 e. The lowest BCUT2D eigenvalue weighted by Gasteiger charge is -2.18. The van der Waals surface area contributed by atoms with Gasteiger partial charge in [-0.15, -0.1) is 0 Å². The fourth-order valence-corrected chi connectivity index (χ4v) is 2.57. The number of unbranched alkanes of at least 4 members (excludes halogenated alkanes) is 4. The maximum absolute atomic E-state index is 11.3. The molecular weight excluding hydrogens is 252 g/mol. The Morgan fingerprint density at radius 3 is 2.55 bits per heavy atom. The van der Waals surface area contributed by atoms with Gasteiger partial charge in [-0.25, -0.2) is 4.79 Å². The van der Waals surface area contributed by atoms with Crippen LogP contribution in [0.3, 0.4) is 0 Å². The minimum Gasteiger partial charge on any atom is -0.478 e. The summed E-state index contributed by atoms with van der Waals surface area (Å²) in [4.78, 5) is 11.3. The lowest BCUT2D eigenvalue weighted by atomic mass is 9.90. The second-order valence-corrected chi connectivity index (χ2v) is 5.25. The summed E-state index contributed by atoms with van der Waals surface area (Å²) in [6, 6.07) is 7.27. The SMILES string of the molecule is CCCCCCCC(COC)c1ccccc1C(=O)O. The molecule has 1 unspecified atom stereocenters. The molecule has 0 aliphatic heterocycles. The number of carboxylic acids is 1. The first-order chi connectivity index (χ1) is 9.70. The Morgan fingerprint density at radius 1 is 1.20 bits per heavy atom. The first-order valence-electron chi connectivity index (χ1n) is 7.51. The van der Waals surface area contributed by atoms with Gasteiger partial charge in [-0.05, 0) is 18.1 Å². The fourth-order valence-electron chi connectivity index (χ4n) is 2.57. The molecule has 0 saturated heterocycles. The molecule has 0 aliphatic rings. The second kappa shape index (κ2) is 9.54. The molecule has 3 heteroatoms. The van der Waals surface area contributed by atoms with Crippen LogP contribution >= 0.6 is 0 Å². The molecule has 1 N–H and O–H groups in total. The Balaban J connectivity index is 2.67. The number of rotatable bonds is 10. The van der Waals surface area contributed by atoms with Crippen LogP contribution in [-0.4, -0.2) is 24.8 Å². The van der Waals surface area contributed by atoms with Crippen LogP contribution in [0.15, 0.2) is 24.3 Å². The molecule has 1 aromatic carbocycles. The van der Waals surface area contributed by atoms with Crippen LogP contribution < -0.4 is 0 Å². The molecule has 3 nitrogen and oxygen atoms in total. The smallest absolute Gasteiger partial charge is 0.335 e. The van der Waals surface area contributed by atoms with Crippen molar-refractivity contribution in [3.05, 3.63) is 35.4 Å². The van der Waals surface area contributed by atoms with Gasteiger partial charge in [0, 0.05) is 13.0 Å². The maximum Gasteiger partial charge on any atom is 0.335 e. The third kappa shape index (κ3) is 5.33. The average Bonchev–Trinajstić information content (AvgIpc) is 2.46. The van der Waals surface area contributed by atoms with E-state index >= 15 is 0 Å². The highest BCUT2D eigenvalue weighted by atomic mass is 16.5. The summed E-state index contributed by atoms with van der Waals surface area (Å²) >= 11 is 0. The number of carboxylic acid groups (broad SMARTS) is 1. The van der Waals surface area contributed by atoms with Gasteiger partial charge in [0.1, 0.15) is 0 Å². The van der Waals surface area contributed by atoms with E-state index in [2.05, 4.69) is 6.92 Å². The Kier molecular flexibility index (Phi) is 7.97. The number of hydrogen-bond acceptors (Lipinski definition) is 2. The van der Waals surface area contributed by atoms with Crippen molar-refractivity contribution in [2.45, 2.75) is 51.4 Å². The van der Waals surface area contributed by atoms with Gasteiger partial charge in [-0.1, -0.05) is 57.2 Å². The van der Waals surface area contributed by atoms with Gasteiger partial charge in [0.2, 0.25) is 0 Å². The predicted molar refractivity (Wildman–Crippen MR) is 81.4 cm³/mol. The molecule has 20 heavy (non-hydrogen) atoms. The van der Waals surface area contributed by atoms with Crippen LogP contribution in [0, 0.1) is 0 Å². The highest BCUT2D eigenvalue weighted by Gasteiger charge is 2.18. The third-order valence-corrected chi connectivity index (χ3v) is 3.66. The molecule has 0 radical (unpaired) electrons. The van der Waals surface area contributed by atoms with Gasteiger partial charge in [0.05, 0.1) is 12.2 Å². The Hall–Kier alpha value is -1.35. The number of carbonyl (C=O) groups is 1. The van der Waals surface area contributed by atoms with E-state index in [0.29, 0.717) is 12.2 Å². The first kappa shape index (κ1) is 16.7. The van der Waals surface area contributed by atoms with Crippen LogP contribution in [0.1, 0.15) is 67.3 Å². The Bertz CT molecular complexity index is 401. The number of hydrogen-bond donors (Lipinski definition) is 1. The first-order valence-corrected chi connectivity index (χ1v) is 7.51. The van der Waals surface area contributed by atoms with Crippen LogP contribution in [0.5, 0.6) is 0 Å². The Morgan fingerprint density at radius 2 is 1.90 bits per heavy atom. The van der Waals surface area contributed by atoms with Crippen molar-refractivity contribution >= 4 is 5.97 Å². The van der Waals surface area contributed by atoms with Crippen LogP contribution in [0.4, 0.5) is 0 Å². The van der Waals surface area contributed by atoms with Crippen molar-refractivity contribution in [1.82, 2.24) is 0 Å². The topological polar surface area (TPSA) is 46.5 Å². The number of methoxy groups -OCH3 is 1. The second-order valence-electron chi connectivity index (χ2n) is 5.25. The van der Waals surface area contributed by atoms with Gasteiger partial charge in [-0.2, -0.15) is 0 Å². The quantitative estimate of drug-likeness (QED) is 0.642. The molecule has 0 aromatic heterocycles. The molecule has 0 aliphatic carbocycles. The lowest BCUT2D eigenvalue weighted by molar-refractivity contribution is 0.0694. The molecule has 0 bridgehead atoms. The van der Waals surface area contributed by atoms with Crippen molar-refractivity contribution in [1.29, 1.82) is 0 Å². The van der Waals surface area contributed by atoms with E-state index in [1.807, 2.05) is 12.1 Å². The molecule has 112 valence electrons. The van der Waals surface area contributed by atoms with E-state index in [1.165, 1.54) is 25.7 Å². The molecule has 0 heterocycles. The third-order valence-electron chi connectivity index (χ3n) is 3.66. The van der Waals surface area contributed by atoms with Gasteiger partial charge < -0.3 is 9.84 Å². The van der Waals surface area contributed by atoms with E-state index in [4.69, 9.17) is 4.74 Å². The van der Waals surface area contributed by atoms with E-state index in [-0.39, 0.29) is 5.92 Å². The standard InChI is InChI=1S/C17H26O3/c1-3-4-5-6-7-10-14(13-20-2)15-11-8-9-12-16(15)17(18)19/h8-9,11-12,14H,3-7,10,13H2,1-2H3,(H,18,19). The Labute approximate surface area is 122 Å². The molecule has 0 fully saturated rings. The summed E-state index contributed by atoms with van der Waals surface area (Å²) in [6.07, 6.45) is 7.11. The summed E-state index contributed by atoms with van der Waals surface area (Å²) in [5, 5.41) is 9.28. The van der Waals surface area contributed by atoms with Crippen molar-refractivity contribution in [2.24, 2.45) is 0 Å². The van der Waals surface area contributed by atoms with Gasteiger partial charge >= 0.3 is 5.97 Å². The number of ether oxygens (including phenoxy) is 1. The van der Waals surface area contributed by atoms with Crippen LogP contribution in [-0.2, 0) is 4.74 Å².